The molecule has 0 saturated carbocycles. The van der Waals surface area contributed by atoms with Crippen LogP contribution in [0, 0.1) is 0 Å². The normalized spacial score (nSPS) is 10.8. The third kappa shape index (κ3) is 6.02. The molecule has 0 fully saturated rings. The Kier molecular flexibility index (Phi) is 6.45. The average molecular weight is 339 g/mol. The highest BCUT2D eigenvalue weighted by molar-refractivity contribution is 9.10. The summed E-state index contributed by atoms with van der Waals surface area (Å²) in [4.78, 5) is 24.8. The van der Waals surface area contributed by atoms with E-state index in [1.807, 2.05) is 38.1 Å². The molecule has 0 aromatic heterocycles. The van der Waals surface area contributed by atoms with Gasteiger partial charge in [0.15, 0.2) is 0 Å². The highest BCUT2D eigenvalue weighted by Crippen LogP contribution is 2.12. The summed E-state index contributed by atoms with van der Waals surface area (Å²) in [5.74, 6) is -0.365. The fourth-order valence-corrected chi connectivity index (χ4v) is 1.98. The number of nitrogens with zero attached hydrogens (tertiary/aromatic N) is 1. The molecule has 1 aromatic rings. The number of nitrogens with one attached hydrogen (secondary N) is 1. The summed E-state index contributed by atoms with van der Waals surface area (Å²) in [6.45, 7) is 3.82. The van der Waals surface area contributed by atoms with Crippen LogP contribution in [0.4, 0.5) is 0 Å². The highest BCUT2D eigenvalue weighted by Gasteiger charge is 2.10. The van der Waals surface area contributed by atoms with Gasteiger partial charge in [-0.05, 0) is 37.6 Å². The maximum atomic E-state index is 11.9. The van der Waals surface area contributed by atoms with Crippen LogP contribution in [0.25, 0.3) is 6.08 Å². The van der Waals surface area contributed by atoms with Gasteiger partial charge in [-0.2, -0.15) is 0 Å². The molecule has 1 N–H and O–H groups in total. The van der Waals surface area contributed by atoms with Crippen molar-refractivity contribution in [1.82, 2.24) is 10.2 Å². The van der Waals surface area contributed by atoms with Gasteiger partial charge >= 0.3 is 0 Å². The van der Waals surface area contributed by atoms with Crippen molar-refractivity contribution in [3.8, 4) is 0 Å². The Hall–Kier alpha value is -1.62. The predicted octanol–water partition coefficient (Wildman–Crippen LogP) is 2.45. The SMILES string of the molecule is CC(C)NC(=O)CN(C)C(=O)/C=C/c1cccc(Br)c1. The summed E-state index contributed by atoms with van der Waals surface area (Å²) in [6, 6.07) is 7.70. The lowest BCUT2D eigenvalue weighted by Gasteiger charge is -2.16. The number of hydrogen-bond acceptors (Lipinski definition) is 2. The maximum absolute atomic E-state index is 11.9. The van der Waals surface area contributed by atoms with Crippen molar-refractivity contribution in [3.05, 3.63) is 40.4 Å². The zero-order valence-electron chi connectivity index (χ0n) is 11.9. The van der Waals surface area contributed by atoms with Crippen LogP contribution in [0.1, 0.15) is 19.4 Å². The van der Waals surface area contributed by atoms with E-state index in [1.165, 1.54) is 11.0 Å². The second-order valence-electron chi connectivity index (χ2n) is 4.80. The number of carbonyl (C=O) groups excluding carboxylic acids is 2. The van der Waals surface area contributed by atoms with E-state index in [1.54, 1.807) is 13.1 Å². The minimum atomic E-state index is -0.205. The van der Waals surface area contributed by atoms with Gasteiger partial charge in [-0.25, -0.2) is 0 Å². The van der Waals surface area contributed by atoms with Crippen molar-refractivity contribution in [3.63, 3.8) is 0 Å². The number of benzene rings is 1. The molecule has 2 amide bonds. The highest BCUT2D eigenvalue weighted by atomic mass is 79.9. The number of hydrogen-bond donors (Lipinski definition) is 1. The molecule has 20 heavy (non-hydrogen) atoms. The first-order chi connectivity index (χ1) is 9.38. The second kappa shape index (κ2) is 7.85. The number of carbonyl (C=O) groups is 2. The maximum Gasteiger partial charge on any atom is 0.246 e. The largest absolute Gasteiger partial charge is 0.352 e. The zero-order valence-corrected chi connectivity index (χ0v) is 13.5. The molecule has 4 nitrogen and oxygen atoms in total. The number of rotatable bonds is 5. The van der Waals surface area contributed by atoms with Crippen LogP contribution in [0.5, 0.6) is 0 Å². The summed E-state index contributed by atoms with van der Waals surface area (Å²) in [7, 11) is 1.60. The average Bonchev–Trinajstić information content (AvgIpc) is 2.34. The summed E-state index contributed by atoms with van der Waals surface area (Å²) in [5.41, 5.74) is 0.924. The first-order valence-electron chi connectivity index (χ1n) is 6.36. The minimum Gasteiger partial charge on any atom is -0.352 e. The fourth-order valence-electron chi connectivity index (χ4n) is 1.57. The quantitative estimate of drug-likeness (QED) is 0.838. The van der Waals surface area contributed by atoms with Crippen LogP contribution in [-0.2, 0) is 9.59 Å². The van der Waals surface area contributed by atoms with E-state index < -0.39 is 0 Å². The summed E-state index contributed by atoms with van der Waals surface area (Å²) in [6.07, 6.45) is 3.19. The van der Waals surface area contributed by atoms with Crippen molar-refractivity contribution in [2.24, 2.45) is 0 Å². The van der Waals surface area contributed by atoms with E-state index in [2.05, 4.69) is 21.2 Å². The zero-order chi connectivity index (χ0) is 15.1. The molecule has 1 aromatic carbocycles. The van der Waals surface area contributed by atoms with E-state index in [0.29, 0.717) is 0 Å². The summed E-state index contributed by atoms with van der Waals surface area (Å²) < 4.78 is 0.955. The van der Waals surface area contributed by atoms with Crippen molar-refractivity contribution in [2.45, 2.75) is 19.9 Å². The Morgan fingerprint density at radius 3 is 2.70 bits per heavy atom. The van der Waals surface area contributed by atoms with Crippen LogP contribution in [0.2, 0.25) is 0 Å². The molecule has 0 saturated heterocycles. The Morgan fingerprint density at radius 2 is 2.10 bits per heavy atom. The van der Waals surface area contributed by atoms with E-state index >= 15 is 0 Å². The molecular formula is C15H19BrN2O2. The molecule has 0 aliphatic rings. The predicted molar refractivity (Wildman–Crippen MR) is 84.1 cm³/mol. The third-order valence-electron chi connectivity index (χ3n) is 2.47. The first-order valence-corrected chi connectivity index (χ1v) is 7.16. The van der Waals surface area contributed by atoms with Crippen molar-refractivity contribution in [1.29, 1.82) is 0 Å². The Morgan fingerprint density at radius 1 is 1.40 bits per heavy atom. The monoisotopic (exact) mass is 338 g/mol. The minimum absolute atomic E-state index is 0.0554. The Balaban J connectivity index is 2.55. The lowest BCUT2D eigenvalue weighted by Crippen LogP contribution is -2.40. The van der Waals surface area contributed by atoms with Gasteiger partial charge in [0.05, 0.1) is 6.54 Å². The lowest BCUT2D eigenvalue weighted by atomic mass is 10.2. The van der Waals surface area contributed by atoms with Crippen LogP contribution >= 0.6 is 15.9 Å². The molecular weight excluding hydrogens is 320 g/mol. The van der Waals surface area contributed by atoms with E-state index in [0.717, 1.165) is 10.0 Å². The molecule has 0 bridgehead atoms. The summed E-state index contributed by atoms with van der Waals surface area (Å²) in [5, 5.41) is 2.75. The van der Waals surface area contributed by atoms with Gasteiger partial charge in [-0.1, -0.05) is 28.1 Å². The molecule has 0 heterocycles. The van der Waals surface area contributed by atoms with Crippen LogP contribution in [-0.4, -0.2) is 36.3 Å². The molecule has 1 rings (SSSR count). The molecule has 0 spiro atoms. The fraction of sp³-hybridized carbons (Fsp3) is 0.333. The number of amides is 2. The van der Waals surface area contributed by atoms with E-state index in [9.17, 15) is 9.59 Å². The van der Waals surface area contributed by atoms with Crippen LogP contribution in [0.3, 0.4) is 0 Å². The van der Waals surface area contributed by atoms with E-state index in [-0.39, 0.29) is 24.4 Å². The Labute approximate surface area is 128 Å². The summed E-state index contributed by atoms with van der Waals surface area (Å²) >= 11 is 3.37. The van der Waals surface area contributed by atoms with Gasteiger partial charge in [-0.3, -0.25) is 9.59 Å². The smallest absolute Gasteiger partial charge is 0.246 e. The van der Waals surface area contributed by atoms with Gasteiger partial charge < -0.3 is 10.2 Å². The number of halogens is 1. The van der Waals surface area contributed by atoms with Crippen molar-refractivity contribution >= 4 is 33.8 Å². The molecule has 5 heteroatoms. The third-order valence-corrected chi connectivity index (χ3v) is 2.97. The van der Waals surface area contributed by atoms with Gasteiger partial charge in [-0.15, -0.1) is 0 Å². The van der Waals surface area contributed by atoms with Gasteiger partial charge in [0.1, 0.15) is 0 Å². The van der Waals surface area contributed by atoms with Gasteiger partial charge in [0.2, 0.25) is 11.8 Å². The Bertz CT molecular complexity index is 512. The van der Waals surface area contributed by atoms with Gasteiger partial charge in [0, 0.05) is 23.6 Å². The van der Waals surface area contributed by atoms with Gasteiger partial charge in [0.25, 0.3) is 0 Å². The van der Waals surface area contributed by atoms with E-state index in [4.69, 9.17) is 0 Å². The molecule has 0 atom stereocenters. The molecule has 0 aliphatic heterocycles. The standard InChI is InChI=1S/C15H19BrN2O2/c1-11(2)17-14(19)10-18(3)15(20)8-7-12-5-4-6-13(16)9-12/h4-9,11H,10H2,1-3H3,(H,17,19)/b8-7+. The molecule has 108 valence electrons. The van der Waals surface area contributed by atoms with Crippen molar-refractivity contribution in [2.75, 3.05) is 13.6 Å². The molecule has 0 unspecified atom stereocenters. The van der Waals surface area contributed by atoms with Crippen LogP contribution in [0.15, 0.2) is 34.8 Å². The van der Waals surface area contributed by atoms with Crippen LogP contribution < -0.4 is 5.32 Å². The van der Waals surface area contributed by atoms with Crippen molar-refractivity contribution < 1.29 is 9.59 Å². The molecule has 0 radical (unpaired) electrons. The number of likely N-dealkylation sites (N-methyl/N-ethyl adjacent to an activating group) is 1. The second-order valence-corrected chi connectivity index (χ2v) is 5.72. The topological polar surface area (TPSA) is 49.4 Å². The first kappa shape index (κ1) is 16.4. The molecule has 0 aliphatic carbocycles. The lowest BCUT2D eigenvalue weighted by molar-refractivity contribution is -0.131.